The highest BCUT2D eigenvalue weighted by Crippen LogP contribution is 2.03. The van der Waals surface area contributed by atoms with E-state index in [-0.39, 0.29) is 12.5 Å². The van der Waals surface area contributed by atoms with Crippen LogP contribution in [0, 0.1) is 0 Å². The topological polar surface area (TPSA) is 98.1 Å². The van der Waals surface area contributed by atoms with Crippen molar-refractivity contribution in [1.82, 2.24) is 35.4 Å². The summed E-state index contributed by atoms with van der Waals surface area (Å²) in [4.78, 5) is 18.6. The highest BCUT2D eigenvalue weighted by molar-refractivity contribution is 5.75. The summed E-state index contributed by atoms with van der Waals surface area (Å²) >= 11 is 0. The summed E-state index contributed by atoms with van der Waals surface area (Å²) in [6, 6.07) is 5.85. The molecule has 9 heteroatoms. The lowest BCUT2D eigenvalue weighted by Gasteiger charge is -2.25. The van der Waals surface area contributed by atoms with Gasteiger partial charge >= 0.3 is 0 Å². The molecule has 0 aromatic carbocycles. The number of morpholine rings is 1. The zero-order chi connectivity index (χ0) is 17.3. The Morgan fingerprint density at radius 2 is 2.16 bits per heavy atom. The largest absolute Gasteiger partial charge is 0.379 e. The number of aromatic nitrogens is 5. The third-order valence-corrected chi connectivity index (χ3v) is 4.03. The fourth-order valence-electron chi connectivity index (χ4n) is 2.65. The molecule has 25 heavy (non-hydrogen) atoms. The molecule has 0 saturated carbocycles. The van der Waals surface area contributed by atoms with Crippen LogP contribution in [0.3, 0.4) is 0 Å². The first-order chi connectivity index (χ1) is 12.3. The van der Waals surface area contributed by atoms with Gasteiger partial charge in [-0.2, -0.15) is 0 Å². The quantitative estimate of drug-likeness (QED) is 0.653. The molecule has 0 spiro atoms. The number of nitrogens with zero attached hydrogens (tertiary/aromatic N) is 6. The van der Waals surface area contributed by atoms with Crippen LogP contribution >= 0.6 is 0 Å². The molecule has 1 aliphatic heterocycles. The van der Waals surface area contributed by atoms with E-state index in [1.54, 1.807) is 10.9 Å². The number of rotatable bonds is 8. The van der Waals surface area contributed by atoms with Crippen molar-refractivity contribution in [2.24, 2.45) is 0 Å². The number of hydrogen-bond donors (Lipinski definition) is 1. The molecule has 1 N–H and O–H groups in total. The van der Waals surface area contributed by atoms with Crippen LogP contribution in [0.5, 0.6) is 0 Å². The predicted octanol–water partition coefficient (Wildman–Crippen LogP) is -0.351. The van der Waals surface area contributed by atoms with Crippen LogP contribution in [-0.2, 0) is 29.0 Å². The maximum absolute atomic E-state index is 12.1. The molecule has 9 nitrogen and oxygen atoms in total. The lowest BCUT2D eigenvalue weighted by atomic mass is 10.2. The van der Waals surface area contributed by atoms with Crippen LogP contribution in [-0.4, -0.2) is 68.8 Å². The number of tetrazole rings is 1. The number of amides is 1. The molecule has 2 aromatic rings. The number of ether oxygens (including phenoxy) is 1. The molecule has 1 fully saturated rings. The van der Waals surface area contributed by atoms with Crippen molar-refractivity contribution in [2.45, 2.75) is 25.9 Å². The van der Waals surface area contributed by atoms with Gasteiger partial charge in [0.15, 0.2) is 5.82 Å². The molecule has 1 aliphatic rings. The smallest absolute Gasteiger partial charge is 0.241 e. The van der Waals surface area contributed by atoms with Gasteiger partial charge in [0, 0.05) is 31.5 Å². The monoisotopic (exact) mass is 345 g/mol. The van der Waals surface area contributed by atoms with Crippen LogP contribution in [0.4, 0.5) is 0 Å². The molecular weight excluding hydrogens is 322 g/mol. The van der Waals surface area contributed by atoms with Gasteiger partial charge in [0.2, 0.25) is 5.91 Å². The highest BCUT2D eigenvalue weighted by Gasteiger charge is 2.16. The predicted molar refractivity (Wildman–Crippen MR) is 89.5 cm³/mol. The minimum atomic E-state index is -0.0865. The van der Waals surface area contributed by atoms with E-state index in [2.05, 4.69) is 30.7 Å². The maximum atomic E-state index is 12.1. The summed E-state index contributed by atoms with van der Waals surface area (Å²) in [6.45, 7) is 4.52. The van der Waals surface area contributed by atoms with Crippen LogP contribution in [0.1, 0.15) is 17.9 Å². The van der Waals surface area contributed by atoms with Gasteiger partial charge in [-0.05, 0) is 35.4 Å². The fourth-order valence-corrected chi connectivity index (χ4v) is 2.65. The molecule has 134 valence electrons. The molecule has 0 bridgehead atoms. The maximum Gasteiger partial charge on any atom is 0.241 e. The normalized spacial score (nSPS) is 15.2. The Labute approximate surface area is 146 Å². The Morgan fingerprint density at radius 1 is 1.28 bits per heavy atom. The van der Waals surface area contributed by atoms with Crippen molar-refractivity contribution >= 4 is 5.91 Å². The van der Waals surface area contributed by atoms with Gasteiger partial charge in [-0.15, -0.1) is 5.10 Å². The Kier molecular flexibility index (Phi) is 6.41. The van der Waals surface area contributed by atoms with Gasteiger partial charge in [0.25, 0.3) is 0 Å². The third kappa shape index (κ3) is 5.57. The van der Waals surface area contributed by atoms with Crippen LogP contribution < -0.4 is 5.32 Å². The minimum absolute atomic E-state index is 0.0865. The first-order valence-electron chi connectivity index (χ1n) is 8.53. The van der Waals surface area contributed by atoms with Crippen LogP contribution in [0.25, 0.3) is 0 Å². The van der Waals surface area contributed by atoms with Gasteiger partial charge in [-0.25, -0.2) is 4.68 Å². The fraction of sp³-hybridized carbons (Fsp3) is 0.562. The molecule has 0 radical (unpaired) electrons. The van der Waals surface area contributed by atoms with E-state index in [9.17, 15) is 4.79 Å². The van der Waals surface area contributed by atoms with E-state index in [4.69, 9.17) is 4.74 Å². The summed E-state index contributed by atoms with van der Waals surface area (Å²) in [5.74, 6) is 0.613. The van der Waals surface area contributed by atoms with E-state index in [1.807, 2.05) is 18.2 Å². The summed E-state index contributed by atoms with van der Waals surface area (Å²) in [6.07, 6.45) is 3.47. The van der Waals surface area contributed by atoms with Gasteiger partial charge in [0.05, 0.1) is 19.8 Å². The molecular formula is C16H23N7O2. The Hall–Kier alpha value is -2.39. The van der Waals surface area contributed by atoms with Crippen molar-refractivity contribution < 1.29 is 9.53 Å². The van der Waals surface area contributed by atoms with E-state index in [0.29, 0.717) is 18.9 Å². The van der Waals surface area contributed by atoms with E-state index >= 15 is 0 Å². The summed E-state index contributed by atoms with van der Waals surface area (Å²) < 4.78 is 6.89. The highest BCUT2D eigenvalue weighted by atomic mass is 16.5. The van der Waals surface area contributed by atoms with E-state index < -0.39 is 0 Å². The molecule has 0 aliphatic carbocycles. The Balaban J connectivity index is 1.40. The van der Waals surface area contributed by atoms with Gasteiger partial charge in [-0.3, -0.25) is 14.7 Å². The number of carbonyl (C=O) groups is 1. The average Bonchev–Trinajstić information content (AvgIpc) is 3.07. The number of hydrogen-bond acceptors (Lipinski definition) is 7. The van der Waals surface area contributed by atoms with E-state index in [0.717, 1.165) is 44.8 Å². The van der Waals surface area contributed by atoms with Gasteiger partial charge in [-0.1, -0.05) is 6.07 Å². The standard InChI is InChI=1S/C16H23N7O2/c24-16(18-7-3-5-14-4-1-2-6-17-14)13-23-15(19-20-21-23)12-22-8-10-25-11-9-22/h1-2,4,6H,3,5,7-13H2,(H,18,24). The molecule has 2 aromatic heterocycles. The summed E-state index contributed by atoms with van der Waals surface area (Å²) in [5, 5.41) is 14.6. The molecule has 0 atom stereocenters. The minimum Gasteiger partial charge on any atom is -0.379 e. The second-order valence-electron chi connectivity index (χ2n) is 5.92. The summed E-state index contributed by atoms with van der Waals surface area (Å²) in [5.41, 5.74) is 1.03. The molecule has 3 heterocycles. The Bertz CT molecular complexity index is 656. The first kappa shape index (κ1) is 17.4. The molecule has 1 saturated heterocycles. The first-order valence-corrected chi connectivity index (χ1v) is 8.53. The van der Waals surface area contributed by atoms with Crippen molar-refractivity contribution in [1.29, 1.82) is 0 Å². The number of aryl methyl sites for hydroxylation is 1. The summed E-state index contributed by atoms with van der Waals surface area (Å²) in [7, 11) is 0. The van der Waals surface area contributed by atoms with Crippen molar-refractivity contribution in [3.63, 3.8) is 0 Å². The number of nitrogens with one attached hydrogen (secondary N) is 1. The van der Waals surface area contributed by atoms with Crippen LogP contribution in [0.2, 0.25) is 0 Å². The third-order valence-electron chi connectivity index (χ3n) is 4.03. The molecule has 0 unspecified atom stereocenters. The van der Waals surface area contributed by atoms with Gasteiger partial charge < -0.3 is 10.1 Å². The van der Waals surface area contributed by atoms with E-state index in [1.165, 1.54) is 0 Å². The zero-order valence-electron chi connectivity index (χ0n) is 14.2. The number of pyridine rings is 1. The number of carbonyl (C=O) groups excluding carboxylic acids is 1. The lowest BCUT2D eigenvalue weighted by molar-refractivity contribution is -0.121. The zero-order valence-corrected chi connectivity index (χ0v) is 14.2. The second kappa shape index (κ2) is 9.19. The second-order valence-corrected chi connectivity index (χ2v) is 5.92. The van der Waals surface area contributed by atoms with Gasteiger partial charge in [0.1, 0.15) is 6.54 Å². The van der Waals surface area contributed by atoms with Crippen molar-refractivity contribution in [3.05, 3.63) is 35.9 Å². The lowest BCUT2D eigenvalue weighted by Crippen LogP contribution is -2.37. The average molecular weight is 345 g/mol. The molecule has 1 amide bonds. The molecule has 3 rings (SSSR count). The van der Waals surface area contributed by atoms with Crippen molar-refractivity contribution in [3.8, 4) is 0 Å². The van der Waals surface area contributed by atoms with Crippen molar-refractivity contribution in [2.75, 3.05) is 32.8 Å². The SMILES string of the molecule is O=C(Cn1nnnc1CN1CCOCC1)NCCCc1ccccn1. The Morgan fingerprint density at radius 3 is 2.96 bits per heavy atom. The van der Waals surface area contributed by atoms with Crippen LogP contribution in [0.15, 0.2) is 24.4 Å².